The maximum absolute atomic E-state index is 13.2. The summed E-state index contributed by atoms with van der Waals surface area (Å²) in [6.45, 7) is 3.91. The Bertz CT molecular complexity index is 320. The van der Waals surface area contributed by atoms with E-state index in [0.29, 0.717) is 6.54 Å². The number of halogens is 1. The second-order valence-electron chi connectivity index (χ2n) is 4.54. The maximum Gasteiger partial charge on any atom is 0.127 e. The van der Waals surface area contributed by atoms with Crippen LogP contribution in [-0.4, -0.2) is 6.54 Å². The first-order valence-corrected chi connectivity index (χ1v) is 5.71. The van der Waals surface area contributed by atoms with E-state index in [9.17, 15) is 4.39 Å². The average Bonchev–Trinajstić information content (AvgIpc) is 3.04. The molecule has 82 valence electrons. The molecule has 1 aromatic carbocycles. The fraction of sp³-hybridized carbons (Fsp3) is 0.538. The van der Waals surface area contributed by atoms with Gasteiger partial charge in [-0.25, -0.2) is 4.39 Å². The maximum atomic E-state index is 13.2. The summed E-state index contributed by atoms with van der Waals surface area (Å²) in [5.74, 6) is 1.54. The first-order chi connectivity index (χ1) is 7.27. The van der Waals surface area contributed by atoms with Crippen LogP contribution in [0.5, 0.6) is 0 Å². The molecule has 0 saturated heterocycles. The Morgan fingerprint density at radius 3 is 2.80 bits per heavy atom. The van der Waals surface area contributed by atoms with Gasteiger partial charge in [-0.3, -0.25) is 0 Å². The monoisotopic (exact) mass is 207 g/mol. The number of benzene rings is 1. The molecule has 1 aromatic rings. The Balaban J connectivity index is 1.75. The van der Waals surface area contributed by atoms with Crippen molar-refractivity contribution in [3.8, 4) is 0 Å². The van der Waals surface area contributed by atoms with E-state index in [1.54, 1.807) is 6.07 Å². The molecule has 1 unspecified atom stereocenters. The van der Waals surface area contributed by atoms with Crippen LogP contribution in [-0.2, 0) is 6.54 Å². The number of hydrogen-bond acceptors (Lipinski definition) is 1. The molecule has 1 atom stereocenters. The number of nitrogens with one attached hydrogen (secondary N) is 1. The molecule has 0 bridgehead atoms. The van der Waals surface area contributed by atoms with Crippen molar-refractivity contribution in [2.75, 3.05) is 6.54 Å². The van der Waals surface area contributed by atoms with E-state index in [1.807, 2.05) is 12.1 Å². The highest BCUT2D eigenvalue weighted by Gasteiger charge is 2.27. The van der Waals surface area contributed by atoms with Gasteiger partial charge in [-0.15, -0.1) is 0 Å². The number of hydrogen-bond donors (Lipinski definition) is 1. The smallest absolute Gasteiger partial charge is 0.127 e. The SMILES string of the molecule is CC(CNCc1ccccc1F)C1CC1. The van der Waals surface area contributed by atoms with Crippen molar-refractivity contribution in [2.45, 2.75) is 26.3 Å². The van der Waals surface area contributed by atoms with E-state index < -0.39 is 0 Å². The van der Waals surface area contributed by atoms with Crippen LogP contribution in [0.25, 0.3) is 0 Å². The van der Waals surface area contributed by atoms with Gasteiger partial charge in [-0.1, -0.05) is 25.1 Å². The molecule has 0 aliphatic heterocycles. The Labute approximate surface area is 90.7 Å². The zero-order valence-corrected chi connectivity index (χ0v) is 9.17. The van der Waals surface area contributed by atoms with Gasteiger partial charge in [0.05, 0.1) is 0 Å². The van der Waals surface area contributed by atoms with Crippen molar-refractivity contribution in [2.24, 2.45) is 11.8 Å². The van der Waals surface area contributed by atoms with Crippen LogP contribution in [0.3, 0.4) is 0 Å². The van der Waals surface area contributed by atoms with Crippen molar-refractivity contribution in [3.63, 3.8) is 0 Å². The normalized spacial score (nSPS) is 17.7. The summed E-state index contributed by atoms with van der Waals surface area (Å²) >= 11 is 0. The van der Waals surface area contributed by atoms with Crippen LogP contribution in [0.1, 0.15) is 25.3 Å². The third-order valence-corrected chi connectivity index (χ3v) is 3.17. The van der Waals surface area contributed by atoms with E-state index in [1.165, 1.54) is 18.9 Å². The third-order valence-electron chi connectivity index (χ3n) is 3.17. The molecule has 0 heterocycles. The van der Waals surface area contributed by atoms with Crippen LogP contribution < -0.4 is 5.32 Å². The summed E-state index contributed by atoms with van der Waals surface area (Å²) in [6.07, 6.45) is 2.76. The van der Waals surface area contributed by atoms with Gasteiger partial charge < -0.3 is 5.32 Å². The van der Waals surface area contributed by atoms with E-state index >= 15 is 0 Å². The average molecular weight is 207 g/mol. The summed E-state index contributed by atoms with van der Waals surface area (Å²) in [5, 5.41) is 3.32. The molecule has 0 spiro atoms. The minimum Gasteiger partial charge on any atom is -0.312 e. The third kappa shape index (κ3) is 3.03. The summed E-state index contributed by atoms with van der Waals surface area (Å²) in [6, 6.07) is 6.96. The largest absolute Gasteiger partial charge is 0.312 e. The second kappa shape index (κ2) is 4.75. The van der Waals surface area contributed by atoms with Gasteiger partial charge in [0.25, 0.3) is 0 Å². The zero-order chi connectivity index (χ0) is 10.7. The first kappa shape index (κ1) is 10.6. The summed E-state index contributed by atoms with van der Waals surface area (Å²) < 4.78 is 13.2. The predicted octanol–water partition coefficient (Wildman–Crippen LogP) is 2.96. The van der Waals surface area contributed by atoms with Gasteiger partial charge in [0.15, 0.2) is 0 Å². The second-order valence-corrected chi connectivity index (χ2v) is 4.54. The lowest BCUT2D eigenvalue weighted by atomic mass is 10.1. The Morgan fingerprint density at radius 2 is 2.13 bits per heavy atom. The standard InChI is InChI=1S/C13H18FN/c1-10(11-6-7-11)8-15-9-12-4-2-3-5-13(12)14/h2-5,10-11,15H,6-9H2,1H3. The highest BCUT2D eigenvalue weighted by molar-refractivity contribution is 5.16. The summed E-state index contributed by atoms with van der Waals surface area (Å²) in [7, 11) is 0. The van der Waals surface area contributed by atoms with Crippen LogP contribution in [0.2, 0.25) is 0 Å². The lowest BCUT2D eigenvalue weighted by molar-refractivity contribution is 0.457. The molecule has 1 nitrogen and oxygen atoms in total. The fourth-order valence-electron chi connectivity index (χ4n) is 1.91. The van der Waals surface area contributed by atoms with Gasteiger partial charge in [-0.2, -0.15) is 0 Å². The van der Waals surface area contributed by atoms with Gasteiger partial charge in [0, 0.05) is 12.1 Å². The van der Waals surface area contributed by atoms with E-state index in [-0.39, 0.29) is 5.82 Å². The molecule has 0 radical (unpaired) electrons. The molecular formula is C13H18FN. The molecule has 2 rings (SSSR count). The molecular weight excluding hydrogens is 189 g/mol. The van der Waals surface area contributed by atoms with Gasteiger partial charge in [0.2, 0.25) is 0 Å². The van der Waals surface area contributed by atoms with E-state index in [4.69, 9.17) is 0 Å². The molecule has 0 aromatic heterocycles. The molecule has 1 aliphatic rings. The van der Waals surface area contributed by atoms with Crippen molar-refractivity contribution < 1.29 is 4.39 Å². The molecule has 1 aliphatic carbocycles. The van der Waals surface area contributed by atoms with Crippen LogP contribution in [0, 0.1) is 17.7 Å². The Morgan fingerprint density at radius 1 is 1.40 bits per heavy atom. The Hall–Kier alpha value is -0.890. The molecule has 1 fully saturated rings. The summed E-state index contributed by atoms with van der Waals surface area (Å²) in [4.78, 5) is 0. The van der Waals surface area contributed by atoms with Crippen LogP contribution >= 0.6 is 0 Å². The molecule has 0 amide bonds. The molecule has 15 heavy (non-hydrogen) atoms. The zero-order valence-electron chi connectivity index (χ0n) is 9.17. The van der Waals surface area contributed by atoms with Crippen molar-refractivity contribution >= 4 is 0 Å². The van der Waals surface area contributed by atoms with Crippen molar-refractivity contribution in [1.29, 1.82) is 0 Å². The van der Waals surface area contributed by atoms with E-state index in [0.717, 1.165) is 23.9 Å². The molecule has 1 N–H and O–H groups in total. The van der Waals surface area contributed by atoms with Crippen molar-refractivity contribution in [1.82, 2.24) is 5.32 Å². The minimum absolute atomic E-state index is 0.107. The van der Waals surface area contributed by atoms with E-state index in [2.05, 4.69) is 12.2 Å². The molecule has 1 saturated carbocycles. The number of rotatable bonds is 5. The predicted molar refractivity (Wildman–Crippen MR) is 60.0 cm³/mol. The van der Waals surface area contributed by atoms with Crippen LogP contribution in [0.4, 0.5) is 4.39 Å². The molecule has 2 heteroatoms. The Kier molecular flexibility index (Phi) is 3.37. The highest BCUT2D eigenvalue weighted by Crippen LogP contribution is 2.36. The van der Waals surface area contributed by atoms with Gasteiger partial charge in [0.1, 0.15) is 5.82 Å². The highest BCUT2D eigenvalue weighted by atomic mass is 19.1. The van der Waals surface area contributed by atoms with Gasteiger partial charge in [-0.05, 0) is 37.3 Å². The summed E-state index contributed by atoms with van der Waals surface area (Å²) in [5.41, 5.74) is 0.764. The van der Waals surface area contributed by atoms with Gasteiger partial charge >= 0.3 is 0 Å². The first-order valence-electron chi connectivity index (χ1n) is 5.71. The quantitative estimate of drug-likeness (QED) is 0.782. The lowest BCUT2D eigenvalue weighted by Gasteiger charge is -2.11. The lowest BCUT2D eigenvalue weighted by Crippen LogP contribution is -2.22. The fourth-order valence-corrected chi connectivity index (χ4v) is 1.91. The van der Waals surface area contributed by atoms with Crippen LogP contribution in [0.15, 0.2) is 24.3 Å². The van der Waals surface area contributed by atoms with Crippen molar-refractivity contribution in [3.05, 3.63) is 35.6 Å². The topological polar surface area (TPSA) is 12.0 Å². The minimum atomic E-state index is -0.107.